The number of pyridine rings is 2. The molecule has 4 rings (SSSR count). The fraction of sp³-hybridized carbons (Fsp3) is 0.333. The van der Waals surface area contributed by atoms with Crippen LogP contribution >= 0.6 is 0 Å². The fourth-order valence-electron chi connectivity index (χ4n) is 3.52. The Balaban J connectivity index is 1.70. The first-order valence-corrected chi connectivity index (χ1v) is 9.00. The summed E-state index contributed by atoms with van der Waals surface area (Å²) < 4.78 is 0. The molecule has 1 saturated heterocycles. The molecule has 0 atom stereocenters. The summed E-state index contributed by atoms with van der Waals surface area (Å²) in [6.07, 6.45) is 7.75. The quantitative estimate of drug-likeness (QED) is 0.713. The second-order valence-electron chi connectivity index (χ2n) is 6.91. The van der Waals surface area contributed by atoms with Crippen molar-refractivity contribution in [2.75, 3.05) is 37.0 Å². The number of benzene rings is 1. The third kappa shape index (κ3) is 3.16. The number of anilines is 2. The molecule has 1 fully saturated rings. The number of hydrogen-bond donors (Lipinski definition) is 0. The van der Waals surface area contributed by atoms with E-state index < -0.39 is 0 Å². The zero-order chi connectivity index (χ0) is 17.2. The summed E-state index contributed by atoms with van der Waals surface area (Å²) in [6, 6.07) is 12.8. The van der Waals surface area contributed by atoms with Crippen molar-refractivity contribution in [1.82, 2.24) is 9.97 Å². The second kappa shape index (κ2) is 6.71. The highest BCUT2D eigenvalue weighted by atomic mass is 15.1. The standard InChI is InChI=1S/C21H24N4/c1-24(2)18-8-6-16(7-9-18)17-14-19-21(23-15-17)20(10-11-22-19)25-12-4-3-5-13-25/h6-11,14-15H,3-5,12-13H2,1-2H3. The molecule has 0 saturated carbocycles. The van der Waals surface area contributed by atoms with Crippen molar-refractivity contribution in [2.45, 2.75) is 19.3 Å². The van der Waals surface area contributed by atoms with E-state index in [1.165, 1.54) is 36.2 Å². The van der Waals surface area contributed by atoms with E-state index in [9.17, 15) is 0 Å². The molecule has 0 radical (unpaired) electrons. The summed E-state index contributed by atoms with van der Waals surface area (Å²) in [4.78, 5) is 13.9. The van der Waals surface area contributed by atoms with Crippen LogP contribution in [0.2, 0.25) is 0 Å². The Morgan fingerprint density at radius 1 is 0.880 bits per heavy atom. The van der Waals surface area contributed by atoms with Gasteiger partial charge in [0, 0.05) is 50.8 Å². The van der Waals surface area contributed by atoms with Crippen molar-refractivity contribution in [3.05, 3.63) is 48.8 Å². The van der Waals surface area contributed by atoms with Crippen LogP contribution in [-0.4, -0.2) is 37.2 Å². The van der Waals surface area contributed by atoms with Crippen molar-refractivity contribution in [2.24, 2.45) is 0 Å². The first kappa shape index (κ1) is 15.9. The Labute approximate surface area is 149 Å². The average molecular weight is 332 g/mol. The van der Waals surface area contributed by atoms with E-state index in [1.54, 1.807) is 0 Å². The Morgan fingerprint density at radius 3 is 2.36 bits per heavy atom. The zero-order valence-corrected chi connectivity index (χ0v) is 14.9. The number of fused-ring (bicyclic) bond motifs is 1. The van der Waals surface area contributed by atoms with Crippen LogP contribution in [-0.2, 0) is 0 Å². The van der Waals surface area contributed by atoms with Gasteiger partial charge >= 0.3 is 0 Å². The van der Waals surface area contributed by atoms with Gasteiger partial charge in [0.1, 0.15) is 5.52 Å². The molecular weight excluding hydrogens is 308 g/mol. The summed E-state index contributed by atoms with van der Waals surface area (Å²) in [6.45, 7) is 2.24. The lowest BCUT2D eigenvalue weighted by molar-refractivity contribution is 0.578. The van der Waals surface area contributed by atoms with Gasteiger partial charge in [-0.1, -0.05) is 12.1 Å². The van der Waals surface area contributed by atoms with Gasteiger partial charge in [0.25, 0.3) is 0 Å². The maximum absolute atomic E-state index is 4.78. The molecule has 25 heavy (non-hydrogen) atoms. The Hall–Kier alpha value is -2.62. The maximum atomic E-state index is 4.78. The van der Waals surface area contributed by atoms with Crippen molar-refractivity contribution >= 4 is 22.4 Å². The Bertz CT molecular complexity index is 865. The third-order valence-corrected chi connectivity index (χ3v) is 4.97. The summed E-state index contributed by atoms with van der Waals surface area (Å²) in [5.41, 5.74) is 6.68. The molecule has 2 aromatic heterocycles. The average Bonchev–Trinajstić information content (AvgIpc) is 2.68. The molecule has 4 heteroatoms. The molecular formula is C21H24N4. The molecule has 128 valence electrons. The molecule has 0 aliphatic carbocycles. The van der Waals surface area contributed by atoms with Gasteiger partial charge in [-0.05, 0) is 49.1 Å². The molecule has 3 heterocycles. The minimum atomic E-state index is 0.970. The topological polar surface area (TPSA) is 32.3 Å². The van der Waals surface area contributed by atoms with E-state index in [2.05, 4.69) is 65.3 Å². The van der Waals surface area contributed by atoms with Crippen LogP contribution in [0, 0.1) is 0 Å². The van der Waals surface area contributed by atoms with E-state index in [-0.39, 0.29) is 0 Å². The number of rotatable bonds is 3. The monoisotopic (exact) mass is 332 g/mol. The van der Waals surface area contributed by atoms with Crippen molar-refractivity contribution in [3.63, 3.8) is 0 Å². The van der Waals surface area contributed by atoms with Gasteiger partial charge in [-0.2, -0.15) is 0 Å². The van der Waals surface area contributed by atoms with Crippen molar-refractivity contribution in [1.29, 1.82) is 0 Å². The fourth-order valence-corrected chi connectivity index (χ4v) is 3.52. The van der Waals surface area contributed by atoms with Crippen LogP contribution in [0.15, 0.2) is 48.8 Å². The van der Waals surface area contributed by atoms with Crippen LogP contribution in [0.5, 0.6) is 0 Å². The predicted molar refractivity (Wildman–Crippen MR) is 105 cm³/mol. The van der Waals surface area contributed by atoms with Gasteiger partial charge in [0.15, 0.2) is 0 Å². The first-order chi connectivity index (χ1) is 12.2. The largest absolute Gasteiger partial charge is 0.378 e. The van der Waals surface area contributed by atoms with E-state index in [1.807, 2.05) is 12.4 Å². The molecule has 0 amide bonds. The minimum absolute atomic E-state index is 0.970. The molecule has 4 nitrogen and oxygen atoms in total. The Kier molecular flexibility index (Phi) is 4.26. The van der Waals surface area contributed by atoms with Crippen LogP contribution in [0.4, 0.5) is 11.4 Å². The van der Waals surface area contributed by atoms with E-state index in [0.717, 1.165) is 29.7 Å². The first-order valence-electron chi connectivity index (χ1n) is 9.00. The van der Waals surface area contributed by atoms with Gasteiger partial charge < -0.3 is 9.80 Å². The van der Waals surface area contributed by atoms with Gasteiger partial charge in [-0.25, -0.2) is 0 Å². The van der Waals surface area contributed by atoms with Gasteiger partial charge in [-0.3, -0.25) is 9.97 Å². The molecule has 1 aliphatic heterocycles. The second-order valence-corrected chi connectivity index (χ2v) is 6.91. The number of piperidine rings is 1. The van der Waals surface area contributed by atoms with E-state index in [0.29, 0.717) is 0 Å². The van der Waals surface area contributed by atoms with Crippen molar-refractivity contribution in [3.8, 4) is 11.1 Å². The highest BCUT2D eigenvalue weighted by molar-refractivity contribution is 5.90. The maximum Gasteiger partial charge on any atom is 0.112 e. The molecule has 0 N–H and O–H groups in total. The van der Waals surface area contributed by atoms with Crippen LogP contribution in [0.1, 0.15) is 19.3 Å². The van der Waals surface area contributed by atoms with Crippen molar-refractivity contribution < 1.29 is 0 Å². The van der Waals surface area contributed by atoms with Gasteiger partial charge in [-0.15, -0.1) is 0 Å². The molecule has 0 bridgehead atoms. The molecule has 0 spiro atoms. The lowest BCUT2D eigenvalue weighted by Gasteiger charge is -2.29. The molecule has 1 aromatic carbocycles. The SMILES string of the molecule is CN(C)c1ccc(-c2cnc3c(N4CCCCC4)ccnc3c2)cc1. The van der Waals surface area contributed by atoms with Crippen LogP contribution in [0.25, 0.3) is 22.2 Å². The van der Waals surface area contributed by atoms with E-state index >= 15 is 0 Å². The van der Waals surface area contributed by atoms with Gasteiger partial charge in [0.05, 0.1) is 11.2 Å². The predicted octanol–water partition coefficient (Wildman–Crippen LogP) is 4.35. The summed E-state index contributed by atoms with van der Waals surface area (Å²) in [5, 5.41) is 0. The molecule has 0 unspecified atom stereocenters. The number of aromatic nitrogens is 2. The normalized spacial score (nSPS) is 14.7. The zero-order valence-electron chi connectivity index (χ0n) is 14.9. The van der Waals surface area contributed by atoms with Gasteiger partial charge in [0.2, 0.25) is 0 Å². The lowest BCUT2D eigenvalue weighted by Crippen LogP contribution is -2.29. The summed E-state index contributed by atoms with van der Waals surface area (Å²) in [5.74, 6) is 0. The third-order valence-electron chi connectivity index (χ3n) is 4.97. The van der Waals surface area contributed by atoms with E-state index in [4.69, 9.17) is 4.98 Å². The summed E-state index contributed by atoms with van der Waals surface area (Å²) >= 11 is 0. The number of hydrogen-bond acceptors (Lipinski definition) is 4. The minimum Gasteiger partial charge on any atom is -0.378 e. The van der Waals surface area contributed by atoms with Crippen LogP contribution in [0.3, 0.4) is 0 Å². The lowest BCUT2D eigenvalue weighted by atomic mass is 10.1. The van der Waals surface area contributed by atoms with Crippen LogP contribution < -0.4 is 9.80 Å². The Morgan fingerprint density at radius 2 is 1.64 bits per heavy atom. The molecule has 1 aliphatic rings. The number of nitrogens with zero attached hydrogens (tertiary/aromatic N) is 4. The summed E-state index contributed by atoms with van der Waals surface area (Å²) in [7, 11) is 4.11. The molecule has 3 aromatic rings. The highest BCUT2D eigenvalue weighted by Crippen LogP contribution is 2.29. The highest BCUT2D eigenvalue weighted by Gasteiger charge is 2.15. The smallest absolute Gasteiger partial charge is 0.112 e.